The average molecular weight is 441 g/mol. The molecule has 120 valence electrons. The van der Waals surface area contributed by atoms with Gasteiger partial charge in [0.2, 0.25) is 0 Å². The first-order valence-corrected chi connectivity index (χ1v) is 8.35. The number of hydrogen-bond acceptors (Lipinski definition) is 4. The van der Waals surface area contributed by atoms with E-state index in [0.29, 0.717) is 8.95 Å². The lowest BCUT2D eigenvalue weighted by atomic mass is 10.2. The Bertz CT molecular complexity index is 708. The van der Waals surface area contributed by atoms with Crippen LogP contribution in [0.5, 0.6) is 5.75 Å². The number of amides is 1. The molecular formula is C16H15Br2N3O2. The molecule has 0 saturated heterocycles. The molecule has 5 nitrogen and oxygen atoms in total. The van der Waals surface area contributed by atoms with Crippen LogP contribution < -0.4 is 10.7 Å². The van der Waals surface area contributed by atoms with Gasteiger partial charge in [0.25, 0.3) is 5.91 Å². The standard InChI is InChI=1S/C16H15Br2N3O2/c1-10-2-4-12(5-3-10)19-9-15(22)21-20-8-11-6-13(17)16(23)14(18)7-11/h2-8,19,23H,9H2,1H3,(H,21,22)/b20-8-. The van der Waals surface area contributed by atoms with Gasteiger partial charge in [0.15, 0.2) is 0 Å². The number of hydrazone groups is 1. The third-order valence-corrected chi connectivity index (χ3v) is 4.16. The van der Waals surface area contributed by atoms with E-state index in [0.717, 1.165) is 16.8 Å². The fourth-order valence-corrected chi connectivity index (χ4v) is 2.95. The summed E-state index contributed by atoms with van der Waals surface area (Å²) in [5, 5.41) is 16.5. The first-order chi connectivity index (χ1) is 11.0. The van der Waals surface area contributed by atoms with Crippen molar-refractivity contribution >= 4 is 49.7 Å². The summed E-state index contributed by atoms with van der Waals surface area (Å²) in [6, 6.07) is 11.2. The summed E-state index contributed by atoms with van der Waals surface area (Å²) in [6.07, 6.45) is 1.50. The highest BCUT2D eigenvalue weighted by atomic mass is 79.9. The minimum Gasteiger partial charge on any atom is -0.506 e. The van der Waals surface area contributed by atoms with Crippen LogP contribution in [0.15, 0.2) is 50.4 Å². The highest BCUT2D eigenvalue weighted by Gasteiger charge is 2.04. The summed E-state index contributed by atoms with van der Waals surface area (Å²) in [7, 11) is 0. The van der Waals surface area contributed by atoms with Crippen LogP contribution in [0.3, 0.4) is 0 Å². The van der Waals surface area contributed by atoms with Crippen molar-refractivity contribution in [1.82, 2.24) is 5.43 Å². The molecule has 2 aromatic carbocycles. The van der Waals surface area contributed by atoms with Crippen LogP contribution in [0, 0.1) is 6.92 Å². The third kappa shape index (κ3) is 5.37. The van der Waals surface area contributed by atoms with Crippen LogP contribution >= 0.6 is 31.9 Å². The summed E-state index contributed by atoms with van der Waals surface area (Å²) in [6.45, 7) is 2.13. The number of phenolic OH excluding ortho intramolecular Hbond substituents is 1. The number of rotatable bonds is 5. The van der Waals surface area contributed by atoms with E-state index >= 15 is 0 Å². The van der Waals surface area contributed by atoms with Crippen molar-refractivity contribution in [3.63, 3.8) is 0 Å². The Morgan fingerprint density at radius 2 is 1.83 bits per heavy atom. The number of benzene rings is 2. The fraction of sp³-hybridized carbons (Fsp3) is 0.125. The van der Waals surface area contributed by atoms with Crippen LogP contribution in [0.1, 0.15) is 11.1 Å². The summed E-state index contributed by atoms with van der Waals surface area (Å²) in [5.74, 6) is -0.132. The molecule has 0 aromatic heterocycles. The van der Waals surface area contributed by atoms with Crippen molar-refractivity contribution in [3.8, 4) is 5.75 Å². The monoisotopic (exact) mass is 439 g/mol. The van der Waals surface area contributed by atoms with E-state index in [1.54, 1.807) is 12.1 Å². The van der Waals surface area contributed by atoms with Crippen molar-refractivity contribution in [2.24, 2.45) is 5.10 Å². The molecule has 0 atom stereocenters. The second kappa shape index (κ2) is 8.12. The number of aromatic hydroxyl groups is 1. The Kier molecular flexibility index (Phi) is 6.18. The number of anilines is 1. The van der Waals surface area contributed by atoms with Gasteiger partial charge in [-0.2, -0.15) is 5.10 Å². The molecule has 2 aromatic rings. The molecule has 0 aliphatic rings. The molecule has 0 fully saturated rings. The van der Waals surface area contributed by atoms with Gasteiger partial charge in [-0.15, -0.1) is 0 Å². The minimum absolute atomic E-state index is 0.119. The highest BCUT2D eigenvalue weighted by molar-refractivity contribution is 9.11. The van der Waals surface area contributed by atoms with Crippen molar-refractivity contribution in [3.05, 3.63) is 56.5 Å². The van der Waals surface area contributed by atoms with Gasteiger partial charge in [-0.05, 0) is 68.6 Å². The second-order valence-electron chi connectivity index (χ2n) is 4.85. The van der Waals surface area contributed by atoms with Gasteiger partial charge in [0.05, 0.1) is 21.7 Å². The zero-order valence-corrected chi connectivity index (χ0v) is 15.5. The largest absolute Gasteiger partial charge is 0.506 e. The zero-order chi connectivity index (χ0) is 16.8. The van der Waals surface area contributed by atoms with E-state index in [2.05, 4.69) is 47.7 Å². The first-order valence-electron chi connectivity index (χ1n) is 6.76. The fourth-order valence-electron chi connectivity index (χ4n) is 1.73. The molecule has 1 amide bonds. The Morgan fingerprint density at radius 3 is 2.43 bits per heavy atom. The lowest BCUT2D eigenvalue weighted by Crippen LogP contribution is -2.25. The van der Waals surface area contributed by atoms with Crippen LogP contribution in [0.4, 0.5) is 5.69 Å². The number of nitrogens with one attached hydrogen (secondary N) is 2. The third-order valence-electron chi connectivity index (χ3n) is 2.95. The van der Waals surface area contributed by atoms with Crippen LogP contribution in [0.25, 0.3) is 0 Å². The van der Waals surface area contributed by atoms with Crippen LogP contribution in [0.2, 0.25) is 0 Å². The van der Waals surface area contributed by atoms with E-state index < -0.39 is 0 Å². The van der Waals surface area contributed by atoms with Crippen LogP contribution in [-0.2, 0) is 4.79 Å². The Labute approximate surface area is 151 Å². The number of carbonyl (C=O) groups is 1. The highest BCUT2D eigenvalue weighted by Crippen LogP contribution is 2.32. The zero-order valence-electron chi connectivity index (χ0n) is 12.3. The van der Waals surface area contributed by atoms with Crippen molar-refractivity contribution in [1.29, 1.82) is 0 Å². The number of aryl methyl sites for hydroxylation is 1. The van der Waals surface area contributed by atoms with Crippen molar-refractivity contribution in [2.75, 3.05) is 11.9 Å². The predicted molar refractivity (Wildman–Crippen MR) is 98.9 cm³/mol. The maximum Gasteiger partial charge on any atom is 0.259 e. The summed E-state index contributed by atoms with van der Waals surface area (Å²) < 4.78 is 1.08. The lowest BCUT2D eigenvalue weighted by molar-refractivity contribution is -0.119. The first kappa shape index (κ1) is 17.5. The molecule has 0 spiro atoms. The average Bonchev–Trinajstić information content (AvgIpc) is 2.52. The molecule has 0 aliphatic heterocycles. The van der Waals surface area contributed by atoms with Gasteiger partial charge in [0.1, 0.15) is 5.75 Å². The molecule has 0 bridgehead atoms. The number of carbonyl (C=O) groups excluding carboxylic acids is 1. The van der Waals surface area contributed by atoms with Gasteiger partial charge in [-0.25, -0.2) is 5.43 Å². The Hall–Kier alpha value is -1.86. The van der Waals surface area contributed by atoms with Gasteiger partial charge >= 0.3 is 0 Å². The topological polar surface area (TPSA) is 73.7 Å². The van der Waals surface area contributed by atoms with Crippen LogP contribution in [-0.4, -0.2) is 23.8 Å². The molecule has 0 saturated carbocycles. The normalized spacial score (nSPS) is 10.7. The smallest absolute Gasteiger partial charge is 0.259 e. The van der Waals surface area contributed by atoms with Crippen molar-refractivity contribution in [2.45, 2.75) is 6.92 Å². The molecular weight excluding hydrogens is 426 g/mol. The molecule has 2 rings (SSSR count). The molecule has 0 aliphatic carbocycles. The summed E-state index contributed by atoms with van der Waals surface area (Å²) >= 11 is 6.47. The Balaban J connectivity index is 1.85. The summed E-state index contributed by atoms with van der Waals surface area (Å²) in [4.78, 5) is 11.7. The number of phenols is 1. The lowest BCUT2D eigenvalue weighted by Gasteiger charge is -2.05. The molecule has 7 heteroatoms. The van der Waals surface area contributed by atoms with E-state index in [9.17, 15) is 9.90 Å². The molecule has 23 heavy (non-hydrogen) atoms. The van der Waals surface area contributed by atoms with E-state index in [1.807, 2.05) is 31.2 Å². The molecule has 0 unspecified atom stereocenters. The number of halogens is 2. The predicted octanol–water partition coefficient (Wildman–Crippen LogP) is 3.79. The van der Waals surface area contributed by atoms with E-state index in [1.165, 1.54) is 6.21 Å². The van der Waals surface area contributed by atoms with Gasteiger partial charge in [0, 0.05) is 5.69 Å². The van der Waals surface area contributed by atoms with E-state index in [4.69, 9.17) is 0 Å². The van der Waals surface area contributed by atoms with Gasteiger partial charge in [-0.1, -0.05) is 17.7 Å². The van der Waals surface area contributed by atoms with Gasteiger partial charge in [-0.3, -0.25) is 4.79 Å². The summed E-state index contributed by atoms with van der Waals surface area (Å²) in [5.41, 5.74) is 5.21. The molecule has 3 N–H and O–H groups in total. The maximum absolute atomic E-state index is 11.7. The SMILES string of the molecule is Cc1ccc(NCC(=O)N/N=C\c2cc(Br)c(O)c(Br)c2)cc1. The maximum atomic E-state index is 11.7. The minimum atomic E-state index is -0.251. The second-order valence-corrected chi connectivity index (χ2v) is 6.55. The number of nitrogens with zero attached hydrogens (tertiary/aromatic N) is 1. The number of hydrogen-bond donors (Lipinski definition) is 3. The van der Waals surface area contributed by atoms with Crippen molar-refractivity contribution < 1.29 is 9.90 Å². The molecule has 0 heterocycles. The van der Waals surface area contributed by atoms with E-state index in [-0.39, 0.29) is 18.2 Å². The molecule has 0 radical (unpaired) electrons. The quantitative estimate of drug-likeness (QED) is 0.489. The van der Waals surface area contributed by atoms with Gasteiger partial charge < -0.3 is 10.4 Å². The Morgan fingerprint density at radius 1 is 1.22 bits per heavy atom.